The van der Waals surface area contributed by atoms with Gasteiger partial charge in [-0.1, -0.05) is 62.1 Å². The first-order valence-corrected chi connectivity index (χ1v) is 13.5. The van der Waals surface area contributed by atoms with Crippen LogP contribution in [0.5, 0.6) is 5.88 Å². The molecule has 1 N–H and O–H groups in total. The maximum absolute atomic E-state index is 13.9. The van der Waals surface area contributed by atoms with Gasteiger partial charge >= 0.3 is 5.97 Å². The lowest BCUT2D eigenvalue weighted by Gasteiger charge is -2.34. The topological polar surface area (TPSA) is 106 Å². The number of carbonyl (C=O) groups excluding carboxylic acids is 1. The van der Waals surface area contributed by atoms with Crippen molar-refractivity contribution in [3.8, 4) is 28.4 Å². The molecule has 0 spiro atoms. The van der Waals surface area contributed by atoms with Gasteiger partial charge in [-0.25, -0.2) is 4.98 Å². The van der Waals surface area contributed by atoms with Crippen LogP contribution in [0.15, 0.2) is 53.9 Å². The molecular formula is C28H30N4O4S. The Kier molecular flexibility index (Phi) is 7.60. The van der Waals surface area contributed by atoms with Crippen LogP contribution in [0.1, 0.15) is 38.5 Å². The van der Waals surface area contributed by atoms with Gasteiger partial charge in [-0.3, -0.25) is 14.5 Å². The van der Waals surface area contributed by atoms with Gasteiger partial charge in [0.1, 0.15) is 0 Å². The van der Waals surface area contributed by atoms with E-state index in [1.807, 2.05) is 41.8 Å². The number of aliphatic carboxylic acids is 1. The molecular weight excluding hydrogens is 488 g/mol. The Balaban J connectivity index is 1.46. The summed E-state index contributed by atoms with van der Waals surface area (Å²) < 4.78 is 5.13. The first-order chi connectivity index (χ1) is 18.0. The van der Waals surface area contributed by atoms with E-state index in [1.165, 1.54) is 11.3 Å². The van der Waals surface area contributed by atoms with E-state index in [0.29, 0.717) is 29.2 Å². The van der Waals surface area contributed by atoms with Gasteiger partial charge in [0, 0.05) is 29.1 Å². The molecule has 1 aliphatic heterocycles. The van der Waals surface area contributed by atoms with Crippen LogP contribution in [0.4, 0.5) is 5.13 Å². The molecule has 0 radical (unpaired) electrons. The zero-order chi connectivity index (χ0) is 25.8. The molecule has 0 saturated heterocycles. The van der Waals surface area contributed by atoms with Crippen molar-refractivity contribution in [2.45, 2.75) is 38.5 Å². The third kappa shape index (κ3) is 5.41. The molecule has 1 aliphatic carbocycles. The summed E-state index contributed by atoms with van der Waals surface area (Å²) in [5.74, 6) is -0.757. The number of amides is 1. The van der Waals surface area contributed by atoms with Crippen LogP contribution < -0.4 is 9.64 Å². The van der Waals surface area contributed by atoms with E-state index in [9.17, 15) is 14.7 Å². The van der Waals surface area contributed by atoms with E-state index in [2.05, 4.69) is 16.3 Å². The van der Waals surface area contributed by atoms with E-state index in [1.54, 1.807) is 18.1 Å². The minimum Gasteiger partial charge on any atom is -0.481 e. The van der Waals surface area contributed by atoms with Gasteiger partial charge in [-0.15, -0.1) is 21.5 Å². The first kappa shape index (κ1) is 25.1. The Hall–Kier alpha value is -3.59. The van der Waals surface area contributed by atoms with E-state index >= 15 is 0 Å². The number of hydrogen-bond acceptors (Lipinski definition) is 7. The third-order valence-electron chi connectivity index (χ3n) is 7.41. The fourth-order valence-corrected chi connectivity index (χ4v) is 6.43. The summed E-state index contributed by atoms with van der Waals surface area (Å²) in [6, 6.07) is 11.4. The second-order valence-electron chi connectivity index (χ2n) is 9.59. The zero-order valence-corrected chi connectivity index (χ0v) is 21.6. The number of carbonyl (C=O) groups is 2. The van der Waals surface area contributed by atoms with E-state index in [-0.39, 0.29) is 18.2 Å². The Morgan fingerprint density at radius 1 is 1.08 bits per heavy atom. The lowest BCUT2D eigenvalue weighted by atomic mass is 9.75. The monoisotopic (exact) mass is 518 g/mol. The highest BCUT2D eigenvalue weighted by molar-refractivity contribution is 7.14. The predicted molar refractivity (Wildman–Crippen MR) is 142 cm³/mol. The molecule has 1 amide bonds. The molecule has 1 aromatic carbocycles. The number of carboxylic acids is 1. The number of methoxy groups -OCH3 is 1. The largest absolute Gasteiger partial charge is 0.481 e. The molecule has 8 nitrogen and oxygen atoms in total. The second-order valence-corrected chi connectivity index (χ2v) is 10.4. The van der Waals surface area contributed by atoms with Crippen LogP contribution in [-0.2, 0) is 9.59 Å². The average Bonchev–Trinajstić information content (AvgIpc) is 3.62. The van der Waals surface area contributed by atoms with Crippen molar-refractivity contribution in [2.24, 2.45) is 17.8 Å². The van der Waals surface area contributed by atoms with Crippen molar-refractivity contribution >= 4 is 28.3 Å². The molecule has 9 heteroatoms. The van der Waals surface area contributed by atoms with E-state index in [4.69, 9.17) is 9.72 Å². The smallest absolute Gasteiger partial charge is 0.304 e. The zero-order valence-electron chi connectivity index (χ0n) is 20.7. The van der Waals surface area contributed by atoms with Gasteiger partial charge in [0.15, 0.2) is 5.13 Å². The van der Waals surface area contributed by atoms with E-state index in [0.717, 1.165) is 48.9 Å². The van der Waals surface area contributed by atoms with Crippen LogP contribution in [0.25, 0.3) is 22.5 Å². The molecule has 192 valence electrons. The summed E-state index contributed by atoms with van der Waals surface area (Å²) in [7, 11) is 1.55. The molecule has 2 aliphatic rings. The lowest BCUT2D eigenvalue weighted by Crippen LogP contribution is -2.43. The number of thiazole rings is 1. The number of carboxylic acid groups (broad SMARTS) is 1. The average molecular weight is 519 g/mol. The van der Waals surface area contributed by atoms with Gasteiger partial charge < -0.3 is 9.84 Å². The summed E-state index contributed by atoms with van der Waals surface area (Å²) in [5.41, 5.74) is 3.18. The fraction of sp³-hybridized carbons (Fsp3) is 0.393. The molecule has 3 aromatic rings. The van der Waals surface area contributed by atoms with Crippen LogP contribution in [0, 0.1) is 17.8 Å². The summed E-state index contributed by atoms with van der Waals surface area (Å²) in [6.45, 7) is 0.380. The van der Waals surface area contributed by atoms with Crippen molar-refractivity contribution in [3.05, 3.63) is 53.9 Å². The molecule has 0 bridgehead atoms. The highest BCUT2D eigenvalue weighted by atomic mass is 32.1. The molecule has 1 saturated carbocycles. The van der Waals surface area contributed by atoms with Crippen molar-refractivity contribution in [2.75, 3.05) is 18.6 Å². The number of hydrogen-bond donors (Lipinski definition) is 1. The molecule has 5 rings (SSSR count). The van der Waals surface area contributed by atoms with Crippen LogP contribution in [0.3, 0.4) is 0 Å². The van der Waals surface area contributed by atoms with Crippen molar-refractivity contribution in [3.63, 3.8) is 0 Å². The number of anilines is 1. The van der Waals surface area contributed by atoms with Crippen molar-refractivity contribution in [1.29, 1.82) is 0 Å². The Bertz CT molecular complexity index is 1280. The number of aromatic nitrogens is 3. The first-order valence-electron chi connectivity index (χ1n) is 12.7. The fourth-order valence-electron chi connectivity index (χ4n) is 5.59. The van der Waals surface area contributed by atoms with Gasteiger partial charge in [0.25, 0.3) is 0 Å². The van der Waals surface area contributed by atoms with Gasteiger partial charge in [0.2, 0.25) is 11.8 Å². The molecule has 37 heavy (non-hydrogen) atoms. The minimum absolute atomic E-state index is 0.0407. The number of ether oxygens (including phenoxy) is 1. The van der Waals surface area contributed by atoms with Gasteiger partial charge in [-0.05, 0) is 24.3 Å². The summed E-state index contributed by atoms with van der Waals surface area (Å²) in [4.78, 5) is 32.2. The summed E-state index contributed by atoms with van der Waals surface area (Å²) in [5, 5.41) is 20.6. The standard InChI is InChI=1S/C28H30N4O4S/c1-36-25-14-13-23(30-31-25)20-11-4-5-12-21(20)24-17-37-28(29-24)32-15-7-6-10-19(18-8-2-3-9-18)22(27(32)35)16-26(33)34/h4-7,11-14,17-19,22H,2-3,8-10,15-16H2,1H3,(H,33,34). The van der Waals surface area contributed by atoms with Crippen LogP contribution >= 0.6 is 11.3 Å². The second kappa shape index (κ2) is 11.2. The Morgan fingerprint density at radius 3 is 2.51 bits per heavy atom. The van der Waals surface area contributed by atoms with Crippen molar-refractivity contribution in [1.82, 2.24) is 15.2 Å². The van der Waals surface area contributed by atoms with Crippen molar-refractivity contribution < 1.29 is 19.4 Å². The molecule has 2 unspecified atom stereocenters. The van der Waals surface area contributed by atoms with Gasteiger partial charge in [0.05, 0.1) is 30.8 Å². The number of allylic oxidation sites excluding steroid dienone is 1. The third-order valence-corrected chi connectivity index (χ3v) is 8.28. The van der Waals surface area contributed by atoms with Crippen LogP contribution in [0.2, 0.25) is 0 Å². The maximum Gasteiger partial charge on any atom is 0.304 e. The van der Waals surface area contributed by atoms with E-state index < -0.39 is 11.9 Å². The highest BCUT2D eigenvalue weighted by Gasteiger charge is 2.39. The highest BCUT2D eigenvalue weighted by Crippen LogP contribution is 2.41. The Morgan fingerprint density at radius 2 is 1.84 bits per heavy atom. The molecule has 1 fully saturated rings. The predicted octanol–water partition coefficient (Wildman–Crippen LogP) is 5.47. The number of nitrogens with zero attached hydrogens (tertiary/aromatic N) is 4. The lowest BCUT2D eigenvalue weighted by molar-refractivity contribution is -0.142. The minimum atomic E-state index is -0.930. The SMILES string of the molecule is COc1ccc(-c2ccccc2-c2csc(N3CC=CCC(C4CCCC4)C(CC(=O)O)C3=O)n2)nn1. The summed E-state index contributed by atoms with van der Waals surface area (Å²) in [6.07, 6.45) is 9.15. The number of rotatable bonds is 7. The van der Waals surface area contributed by atoms with Gasteiger partial charge in [-0.2, -0.15) is 0 Å². The normalized spacial score (nSPS) is 20.6. The molecule has 2 atom stereocenters. The molecule has 2 aromatic heterocycles. The van der Waals surface area contributed by atoms with Crippen LogP contribution in [-0.4, -0.2) is 45.8 Å². The Labute approximate surface area is 220 Å². The summed E-state index contributed by atoms with van der Waals surface area (Å²) >= 11 is 1.39. The number of benzene rings is 1. The quantitative estimate of drug-likeness (QED) is 0.414. The maximum atomic E-state index is 13.9. The molecule has 3 heterocycles.